The molecule has 2 heterocycles. The van der Waals surface area contributed by atoms with Crippen LogP contribution in [-0.4, -0.2) is 15.0 Å². The van der Waals surface area contributed by atoms with Gasteiger partial charge in [0.15, 0.2) is 17.5 Å². The van der Waals surface area contributed by atoms with Crippen LogP contribution in [0.3, 0.4) is 0 Å². The topological polar surface area (TPSA) is 51.8 Å². The van der Waals surface area contributed by atoms with E-state index in [0.717, 1.165) is 71.7 Å². The molecule has 0 N–H and O–H groups in total. The Bertz CT molecular complexity index is 2810. The number of furan rings is 1. The number of fused-ring (bicyclic) bond motifs is 4. The first-order valence-corrected chi connectivity index (χ1v) is 17.8. The van der Waals surface area contributed by atoms with Crippen LogP contribution in [0, 0.1) is 0 Å². The van der Waals surface area contributed by atoms with Crippen LogP contribution in [0.25, 0.3) is 100 Å². The summed E-state index contributed by atoms with van der Waals surface area (Å²) in [5.74, 6) is 1.86. The molecule has 0 bridgehead atoms. The first-order valence-electron chi connectivity index (χ1n) is 17.8. The Morgan fingerprint density at radius 1 is 0.302 bits per heavy atom. The summed E-state index contributed by atoms with van der Waals surface area (Å²) in [6, 6.07) is 65.2. The molecular weight excluding hydrogens is 647 g/mol. The van der Waals surface area contributed by atoms with Crippen LogP contribution in [0.5, 0.6) is 0 Å². The van der Waals surface area contributed by atoms with Gasteiger partial charge in [-0.2, -0.15) is 0 Å². The van der Waals surface area contributed by atoms with Crippen molar-refractivity contribution in [1.82, 2.24) is 15.0 Å². The van der Waals surface area contributed by atoms with Gasteiger partial charge in [0.05, 0.1) is 0 Å². The third kappa shape index (κ3) is 5.63. The Morgan fingerprint density at radius 2 is 0.792 bits per heavy atom. The standard InChI is InChI=1S/C49H31N3O/c1-3-12-32(13-4-1)34-22-26-36(27-23-34)47-50-48(37-28-24-35(25-29-37)33-14-5-2-6-15-33)52-49(51-47)43-31-39(30-38-16-7-8-17-40(38)43)41-19-11-21-45-46(41)42-18-9-10-20-44(42)53-45/h1-31H. The predicted molar refractivity (Wildman–Crippen MR) is 217 cm³/mol. The molecule has 248 valence electrons. The van der Waals surface area contributed by atoms with E-state index in [2.05, 4.69) is 158 Å². The second kappa shape index (κ2) is 12.9. The quantitative estimate of drug-likeness (QED) is 0.176. The Morgan fingerprint density at radius 3 is 1.43 bits per heavy atom. The Labute approximate surface area is 306 Å². The van der Waals surface area contributed by atoms with Crippen molar-refractivity contribution in [2.45, 2.75) is 0 Å². The van der Waals surface area contributed by atoms with Crippen molar-refractivity contribution in [1.29, 1.82) is 0 Å². The zero-order valence-corrected chi connectivity index (χ0v) is 28.6. The highest BCUT2D eigenvalue weighted by Gasteiger charge is 2.18. The molecule has 2 aromatic heterocycles. The molecule has 0 amide bonds. The normalized spacial score (nSPS) is 11.4. The Hall–Kier alpha value is -7.17. The summed E-state index contributed by atoms with van der Waals surface area (Å²) in [4.78, 5) is 15.5. The van der Waals surface area contributed by atoms with E-state index >= 15 is 0 Å². The van der Waals surface area contributed by atoms with Gasteiger partial charge in [-0.15, -0.1) is 0 Å². The van der Waals surface area contributed by atoms with Crippen molar-refractivity contribution in [3.05, 3.63) is 188 Å². The molecule has 0 spiro atoms. The highest BCUT2D eigenvalue weighted by molar-refractivity contribution is 6.13. The third-order valence-corrected chi connectivity index (χ3v) is 9.95. The van der Waals surface area contributed by atoms with Crippen LogP contribution in [0.1, 0.15) is 0 Å². The Balaban J connectivity index is 1.17. The number of benzene rings is 8. The molecule has 0 atom stereocenters. The van der Waals surface area contributed by atoms with Crippen molar-refractivity contribution in [2.75, 3.05) is 0 Å². The lowest BCUT2D eigenvalue weighted by molar-refractivity contribution is 0.669. The van der Waals surface area contributed by atoms with Gasteiger partial charge in [0, 0.05) is 27.5 Å². The second-order valence-corrected chi connectivity index (χ2v) is 13.2. The number of rotatable bonds is 6. The molecule has 0 saturated carbocycles. The number of hydrogen-bond acceptors (Lipinski definition) is 4. The van der Waals surface area contributed by atoms with Crippen molar-refractivity contribution in [2.24, 2.45) is 0 Å². The van der Waals surface area contributed by atoms with E-state index in [1.165, 1.54) is 11.1 Å². The number of para-hydroxylation sites is 1. The summed E-state index contributed by atoms with van der Waals surface area (Å²) >= 11 is 0. The maximum absolute atomic E-state index is 6.29. The molecule has 0 radical (unpaired) electrons. The fourth-order valence-corrected chi connectivity index (χ4v) is 7.31. The molecule has 4 nitrogen and oxygen atoms in total. The first kappa shape index (κ1) is 30.6. The van der Waals surface area contributed by atoms with Gasteiger partial charge >= 0.3 is 0 Å². The fourth-order valence-electron chi connectivity index (χ4n) is 7.31. The fraction of sp³-hybridized carbons (Fsp3) is 0. The highest BCUT2D eigenvalue weighted by Crippen LogP contribution is 2.40. The zero-order valence-electron chi connectivity index (χ0n) is 28.6. The zero-order chi connectivity index (χ0) is 35.1. The molecule has 0 fully saturated rings. The van der Waals surface area contributed by atoms with E-state index in [-0.39, 0.29) is 0 Å². The minimum absolute atomic E-state index is 0.617. The molecular formula is C49H31N3O. The van der Waals surface area contributed by atoms with E-state index in [1.54, 1.807) is 0 Å². The average molecular weight is 678 g/mol. The summed E-state index contributed by atoms with van der Waals surface area (Å²) in [6.45, 7) is 0. The van der Waals surface area contributed by atoms with Gasteiger partial charge in [-0.3, -0.25) is 0 Å². The lowest BCUT2D eigenvalue weighted by Crippen LogP contribution is -2.01. The number of aromatic nitrogens is 3. The summed E-state index contributed by atoms with van der Waals surface area (Å²) in [7, 11) is 0. The summed E-state index contributed by atoms with van der Waals surface area (Å²) in [5, 5.41) is 4.36. The van der Waals surface area contributed by atoms with Gasteiger partial charge in [0.25, 0.3) is 0 Å². The van der Waals surface area contributed by atoms with E-state index in [4.69, 9.17) is 19.4 Å². The Kier molecular flexibility index (Phi) is 7.43. The summed E-state index contributed by atoms with van der Waals surface area (Å²) in [6.07, 6.45) is 0. The van der Waals surface area contributed by atoms with Crippen LogP contribution < -0.4 is 0 Å². The maximum Gasteiger partial charge on any atom is 0.164 e. The third-order valence-electron chi connectivity index (χ3n) is 9.95. The molecule has 0 aliphatic rings. The monoisotopic (exact) mass is 677 g/mol. The molecule has 53 heavy (non-hydrogen) atoms. The first-order chi connectivity index (χ1) is 26.2. The smallest absolute Gasteiger partial charge is 0.164 e. The molecule has 4 heteroatoms. The predicted octanol–water partition coefficient (Wildman–Crippen LogP) is 12.9. The van der Waals surface area contributed by atoms with Gasteiger partial charge < -0.3 is 4.42 Å². The van der Waals surface area contributed by atoms with Crippen LogP contribution >= 0.6 is 0 Å². The van der Waals surface area contributed by atoms with Gasteiger partial charge in [-0.25, -0.2) is 15.0 Å². The lowest BCUT2D eigenvalue weighted by atomic mass is 9.93. The van der Waals surface area contributed by atoms with E-state index in [0.29, 0.717) is 17.5 Å². The minimum atomic E-state index is 0.617. The van der Waals surface area contributed by atoms with Crippen LogP contribution in [0.4, 0.5) is 0 Å². The summed E-state index contributed by atoms with van der Waals surface area (Å²) < 4.78 is 6.29. The number of hydrogen-bond donors (Lipinski definition) is 0. The van der Waals surface area contributed by atoms with Gasteiger partial charge in [0.1, 0.15) is 11.2 Å². The molecule has 0 saturated heterocycles. The molecule has 0 aliphatic carbocycles. The van der Waals surface area contributed by atoms with Crippen molar-refractivity contribution in [3.63, 3.8) is 0 Å². The lowest BCUT2D eigenvalue weighted by Gasteiger charge is -2.13. The van der Waals surface area contributed by atoms with Gasteiger partial charge in [-0.05, 0) is 68.4 Å². The minimum Gasteiger partial charge on any atom is -0.456 e. The van der Waals surface area contributed by atoms with Gasteiger partial charge in [-0.1, -0.05) is 164 Å². The van der Waals surface area contributed by atoms with Crippen LogP contribution in [0.15, 0.2) is 192 Å². The van der Waals surface area contributed by atoms with Crippen LogP contribution in [0.2, 0.25) is 0 Å². The second-order valence-electron chi connectivity index (χ2n) is 13.2. The molecule has 10 rings (SSSR count). The van der Waals surface area contributed by atoms with Crippen LogP contribution in [-0.2, 0) is 0 Å². The highest BCUT2D eigenvalue weighted by atomic mass is 16.3. The van der Waals surface area contributed by atoms with E-state index in [1.807, 2.05) is 30.3 Å². The molecule has 8 aromatic carbocycles. The molecule has 0 unspecified atom stereocenters. The van der Waals surface area contributed by atoms with E-state index in [9.17, 15) is 0 Å². The van der Waals surface area contributed by atoms with Crippen molar-refractivity contribution >= 4 is 32.7 Å². The SMILES string of the molecule is c1ccc(-c2ccc(-c3nc(-c4ccc(-c5ccccc5)cc4)nc(-c4cc(-c5cccc6oc7ccccc7c56)cc5ccccc45)n3)cc2)cc1. The largest absolute Gasteiger partial charge is 0.456 e. The summed E-state index contributed by atoms with van der Waals surface area (Å²) in [5.41, 5.74) is 11.3. The van der Waals surface area contributed by atoms with Crippen molar-refractivity contribution < 1.29 is 4.42 Å². The average Bonchev–Trinajstić information content (AvgIpc) is 3.63. The maximum atomic E-state index is 6.29. The molecule has 10 aromatic rings. The van der Waals surface area contributed by atoms with Crippen molar-refractivity contribution in [3.8, 4) is 67.5 Å². The molecule has 0 aliphatic heterocycles. The van der Waals surface area contributed by atoms with Gasteiger partial charge in [0.2, 0.25) is 0 Å². The number of nitrogens with zero attached hydrogens (tertiary/aromatic N) is 3. The van der Waals surface area contributed by atoms with E-state index < -0.39 is 0 Å².